The molecule has 0 unspecified atom stereocenters. The van der Waals surface area contributed by atoms with Crippen LogP contribution in [0.15, 0.2) is 200 Å². The summed E-state index contributed by atoms with van der Waals surface area (Å²) in [4.78, 5) is 168. The zero-order valence-electron chi connectivity index (χ0n) is 78.3. The van der Waals surface area contributed by atoms with Crippen LogP contribution >= 0.6 is 0 Å². The number of aromatic amines is 6. The molecule has 137 heavy (non-hydrogen) atoms. The minimum absolute atomic E-state index is 0.0559. The fraction of sp³-hybridized carbons (Fsp3) is 0.426. The molecule has 14 rings (SSSR count). The number of methoxy groups -OCH3 is 3. The Morgan fingerprint density at radius 3 is 0.839 bits per heavy atom. The smallest absolute Gasteiger partial charge is 0.328 e. The molecule has 5 heterocycles. The Kier molecular flexibility index (Phi) is 46.5. The normalized spacial score (nSPS) is 23.7. The lowest BCUT2D eigenvalue weighted by Crippen LogP contribution is -2.35. The molecule has 0 saturated heterocycles. The maximum Gasteiger partial charge on any atom is 0.328 e. The highest BCUT2D eigenvalue weighted by Gasteiger charge is 2.51. The Morgan fingerprint density at radius 2 is 0.606 bits per heavy atom. The number of terminal acetylenes is 5. The quantitative estimate of drug-likeness (QED) is 0.0216. The molecule has 5 aliphatic rings. The maximum atomic E-state index is 12.1. The van der Waals surface area contributed by atoms with Gasteiger partial charge in [-0.15, -0.1) is 32.1 Å². The first kappa shape index (κ1) is 114. The van der Waals surface area contributed by atoms with Crippen LogP contribution in [0.3, 0.4) is 0 Å². The van der Waals surface area contributed by atoms with Gasteiger partial charge in [0, 0.05) is 133 Å². The van der Waals surface area contributed by atoms with E-state index in [2.05, 4.69) is 59.5 Å². The van der Waals surface area contributed by atoms with E-state index >= 15 is 0 Å². The molecule has 0 bridgehead atoms. The number of aromatic nitrogens is 10. The van der Waals surface area contributed by atoms with E-state index in [-0.39, 0.29) is 112 Å². The summed E-state index contributed by atoms with van der Waals surface area (Å²) in [5.41, 5.74) is -2.81. The van der Waals surface area contributed by atoms with E-state index in [1.54, 1.807) is 108 Å². The zero-order valence-corrected chi connectivity index (χ0v) is 78.3. The molecule has 0 spiro atoms. The van der Waals surface area contributed by atoms with Crippen LogP contribution in [0.25, 0.3) is 0 Å². The molecule has 9 aromatic rings. The van der Waals surface area contributed by atoms with Gasteiger partial charge in [0.05, 0.1) is 83.5 Å². The fourth-order valence-corrected chi connectivity index (χ4v) is 15.9. The first-order valence-corrected chi connectivity index (χ1v) is 43.6. The first-order chi connectivity index (χ1) is 65.4. The van der Waals surface area contributed by atoms with Crippen LogP contribution in [0.4, 0.5) is 0 Å². The lowest BCUT2D eigenvalue weighted by Gasteiger charge is -2.28. The molecule has 5 aromatic heterocycles. The van der Waals surface area contributed by atoms with Gasteiger partial charge in [0.1, 0.15) is 45.5 Å². The Balaban J connectivity index is 0.000000275. The van der Waals surface area contributed by atoms with E-state index < -0.39 is 85.1 Å². The number of rotatable bonds is 22. The Hall–Kier alpha value is -13.7. The second kappa shape index (κ2) is 56.0. The Bertz CT molecular complexity index is 5840. The molecule has 5 saturated carbocycles. The van der Waals surface area contributed by atoms with E-state index in [1.165, 1.54) is 45.6 Å². The number of aliphatic hydroxyl groups is 6. The van der Waals surface area contributed by atoms with Crippen molar-refractivity contribution >= 4 is 25.1 Å². The molecular formula is C101H122N10O26. The highest BCUT2D eigenvalue weighted by molar-refractivity contribution is 5.75. The van der Waals surface area contributed by atoms with Crippen molar-refractivity contribution in [2.75, 3.05) is 61.5 Å². The third kappa shape index (κ3) is 31.7. The molecule has 0 amide bonds. The Morgan fingerprint density at radius 1 is 0.358 bits per heavy atom. The minimum atomic E-state index is -1.02. The van der Waals surface area contributed by atoms with Crippen LogP contribution in [0.2, 0.25) is 0 Å². The molecule has 4 aromatic carbocycles. The lowest BCUT2D eigenvalue weighted by atomic mass is 9.82. The van der Waals surface area contributed by atoms with Gasteiger partial charge in [-0.25, -0.2) is 24.0 Å². The Labute approximate surface area is 790 Å². The SMILES string of the molecule is C#C[C@]1(CC)C[C@@H](n2cc(C)c(=O)[nH]c2=O)C[C@@H]1OCOC.C#C[C@]1(CC)C[C@H](O)C[C@@H]1OCOC.C#C[C@]1(CO)C[C@@H](n2cc(C)c(=O)[nH]c2=O)C[C@@H]1O.C#C[C@]1(CO)C[C@@H](n2cc(C)c(=O)[nH]c2=O)C[C@@H]1O.C#C[C@]1(CO)C[C@@H](n2cc(C)c(=O)[nH]c2=O)C[C@@H]1OCOC.Cc1c[nH]c(=O)[nH]c1=O.O=Cc1ccccc1.O=Cc1ccccc1.O=Cc1ccccc1.O=Cc1ccccc1. The summed E-state index contributed by atoms with van der Waals surface area (Å²) in [5, 5.41) is 58.0. The molecule has 0 aliphatic heterocycles. The number of H-pyrrole nitrogens is 6. The van der Waals surface area contributed by atoms with Gasteiger partial charge >= 0.3 is 28.4 Å². The first-order valence-electron chi connectivity index (χ1n) is 43.6. The highest BCUT2D eigenvalue weighted by Crippen LogP contribution is 2.49. The molecule has 5 fully saturated rings. The van der Waals surface area contributed by atoms with Crippen molar-refractivity contribution in [1.82, 2.24) is 48.2 Å². The number of aryl methyl sites for hydroxylation is 5. The standard InChI is InChI=1S/C16H22N2O4.C15H20N2O5.2C13H16N2O4.C11H18O3.4C7H6O.C5H6N2O2/c1-5-16(6-2)8-12(7-13(16)22-10-21-4)18-9-11(3)14(19)17-15(18)20;1-4-15(8-18)6-11(5-12(15)22-9-21-3)17-7-10(2)13(19)16-14(17)20;2*1-3-13(7-16)5-9(4-10(13)17)15-6-8(2)11(18)14-12(15)19;1-4-11(5-2)7-9(12)6-10(11)14-8-13-3;4*8-6-7-4-2-1-3-5-7;1-3-2-6-5(9)7-4(3)8/h1,9,12-13H,6-8,10H2,2-4H3,(H,17,19,20);1,7,11-12,18H,5-6,8-9H2,2-3H3,(H,16,19,20);2*1,6,9-10,16-17H,4-5,7H2,2H3,(H,14,18,19);1,9-10,12H,5-8H2,2-3H3;4*1-6H;2H,1H3,(H2,6,7,8,9)/t12-,13-,16-;11-,12-,15+;2*9-,10-,13+;9-,10+,11+;;;;;/m00001...../s1. The highest BCUT2D eigenvalue weighted by atomic mass is 16.7. The molecule has 0 radical (unpaired) electrons. The fourth-order valence-electron chi connectivity index (χ4n) is 15.9. The van der Waals surface area contributed by atoms with Gasteiger partial charge in [-0.3, -0.25) is 86.3 Å². The van der Waals surface area contributed by atoms with Crippen LogP contribution in [0.5, 0.6) is 0 Å². The minimum Gasteiger partial charge on any atom is -0.395 e. The number of carbonyl (C=O) groups is 4. The summed E-state index contributed by atoms with van der Waals surface area (Å²) in [7, 11) is 4.64. The number of carbonyl (C=O) groups excluding carboxylic acids is 4. The predicted molar refractivity (Wildman–Crippen MR) is 513 cm³/mol. The van der Waals surface area contributed by atoms with Gasteiger partial charge < -0.3 is 64.0 Å². The summed E-state index contributed by atoms with van der Waals surface area (Å²) in [6.45, 7) is 11.7. The van der Waals surface area contributed by atoms with E-state index in [0.29, 0.717) is 79.2 Å². The number of ether oxygens (including phenoxy) is 6. The number of benzene rings is 4. The van der Waals surface area contributed by atoms with Crippen molar-refractivity contribution in [3.05, 3.63) is 307 Å². The molecule has 36 nitrogen and oxygen atoms in total. The number of aliphatic hydroxyl groups excluding tert-OH is 6. The van der Waals surface area contributed by atoms with Crippen molar-refractivity contribution in [1.29, 1.82) is 0 Å². The second-order valence-corrected chi connectivity index (χ2v) is 33.2. The van der Waals surface area contributed by atoms with Crippen molar-refractivity contribution in [2.45, 2.75) is 186 Å². The van der Waals surface area contributed by atoms with E-state index in [0.717, 1.165) is 60.2 Å². The second-order valence-electron chi connectivity index (χ2n) is 33.2. The van der Waals surface area contributed by atoms with E-state index in [1.807, 2.05) is 86.6 Å². The molecule has 12 N–H and O–H groups in total. The number of nitrogens with one attached hydrogen (secondary N) is 6. The summed E-state index contributed by atoms with van der Waals surface area (Å²) in [6, 6.07) is 35.4. The van der Waals surface area contributed by atoms with Gasteiger partial charge in [0.15, 0.2) is 0 Å². The zero-order chi connectivity index (χ0) is 102. The summed E-state index contributed by atoms with van der Waals surface area (Å²) in [5.74, 6) is 13.1. The summed E-state index contributed by atoms with van der Waals surface area (Å²) < 4.78 is 37.3. The van der Waals surface area contributed by atoms with E-state index in [9.17, 15) is 97.8 Å². The molecular weight excluding hydrogens is 1770 g/mol. The molecule has 732 valence electrons. The molecule has 5 aliphatic carbocycles. The van der Waals surface area contributed by atoms with Crippen molar-refractivity contribution in [3.63, 3.8) is 0 Å². The average molecular weight is 1890 g/mol. The van der Waals surface area contributed by atoms with Crippen LogP contribution in [-0.4, -0.2) is 202 Å². The van der Waals surface area contributed by atoms with Crippen molar-refractivity contribution < 1.29 is 78.2 Å². The monoisotopic (exact) mass is 1890 g/mol. The number of hydrogen-bond acceptors (Lipinski definition) is 26. The van der Waals surface area contributed by atoms with Gasteiger partial charge in [0.25, 0.3) is 27.8 Å². The van der Waals surface area contributed by atoms with Gasteiger partial charge in [-0.1, -0.05) is 165 Å². The van der Waals surface area contributed by atoms with Gasteiger partial charge in [-0.05, 0) is 105 Å². The number of nitrogens with zero attached hydrogens (tertiary/aromatic N) is 4. The van der Waals surface area contributed by atoms with Crippen LogP contribution < -0.4 is 56.2 Å². The van der Waals surface area contributed by atoms with Crippen LogP contribution in [-0.2, 0) is 28.4 Å². The van der Waals surface area contributed by atoms with Crippen molar-refractivity contribution in [3.8, 4) is 61.7 Å². The number of hydrogen-bond donors (Lipinski definition) is 12. The largest absolute Gasteiger partial charge is 0.395 e. The maximum absolute atomic E-state index is 12.1. The van der Waals surface area contributed by atoms with Crippen LogP contribution in [0, 0.1) is 123 Å². The van der Waals surface area contributed by atoms with Gasteiger partial charge in [0.2, 0.25) is 0 Å². The molecule has 36 heteroatoms. The third-order valence-corrected chi connectivity index (χ3v) is 24.2. The van der Waals surface area contributed by atoms with E-state index in [4.69, 9.17) is 60.5 Å². The molecule has 15 atom stereocenters. The summed E-state index contributed by atoms with van der Waals surface area (Å²) >= 11 is 0. The van der Waals surface area contributed by atoms with Crippen LogP contribution in [0.1, 0.15) is 184 Å². The number of aldehydes is 4. The van der Waals surface area contributed by atoms with Crippen molar-refractivity contribution in [2.24, 2.45) is 27.1 Å². The third-order valence-electron chi connectivity index (χ3n) is 24.2. The average Bonchev–Trinajstić information content (AvgIpc) is 1.64. The predicted octanol–water partition coefficient (Wildman–Crippen LogP) is 5.81. The topological polar surface area (TPSA) is 530 Å². The van der Waals surface area contributed by atoms with Gasteiger partial charge in [-0.2, -0.15) is 0 Å². The summed E-state index contributed by atoms with van der Waals surface area (Å²) in [6.07, 6.45) is 41.7. The lowest BCUT2D eigenvalue weighted by molar-refractivity contribution is -0.104.